The molecule has 1 aromatic carbocycles. The maximum atomic E-state index is 11.6. The molecule has 0 saturated carbocycles. The standard InChI is InChI=1S/C16H20N4O2/c1-17-10-12-4-3-9-19(11-12)15-7-6-14-13(5-2-8-18-14)16(15)20(21)22/h2,5-8,12,17H,3-4,9-11H2,1H3. The van der Waals surface area contributed by atoms with Crippen molar-refractivity contribution in [1.82, 2.24) is 10.3 Å². The third-order valence-electron chi connectivity index (χ3n) is 4.27. The topological polar surface area (TPSA) is 71.3 Å². The van der Waals surface area contributed by atoms with Gasteiger partial charge >= 0.3 is 5.69 Å². The quantitative estimate of drug-likeness (QED) is 0.694. The molecule has 116 valence electrons. The third-order valence-corrected chi connectivity index (χ3v) is 4.27. The fourth-order valence-electron chi connectivity index (χ4n) is 3.31. The number of pyridine rings is 1. The Labute approximate surface area is 129 Å². The maximum absolute atomic E-state index is 11.6. The van der Waals surface area contributed by atoms with Crippen LogP contribution in [0.5, 0.6) is 0 Å². The van der Waals surface area contributed by atoms with Crippen molar-refractivity contribution < 1.29 is 4.92 Å². The SMILES string of the molecule is CNCC1CCCN(c2ccc3ncccc3c2[N+](=O)[O-])C1. The summed E-state index contributed by atoms with van der Waals surface area (Å²) in [5.41, 5.74) is 1.56. The summed E-state index contributed by atoms with van der Waals surface area (Å²) in [5, 5.41) is 15.4. The number of aromatic nitrogens is 1. The van der Waals surface area contributed by atoms with Crippen molar-refractivity contribution >= 4 is 22.3 Å². The molecule has 1 fully saturated rings. The van der Waals surface area contributed by atoms with Crippen LogP contribution in [0.3, 0.4) is 0 Å². The van der Waals surface area contributed by atoms with E-state index in [-0.39, 0.29) is 10.6 Å². The summed E-state index contributed by atoms with van der Waals surface area (Å²) in [6.45, 7) is 2.67. The predicted molar refractivity (Wildman–Crippen MR) is 87.3 cm³/mol. The van der Waals surface area contributed by atoms with E-state index in [1.807, 2.05) is 19.2 Å². The molecule has 6 heteroatoms. The second-order valence-corrected chi connectivity index (χ2v) is 5.77. The molecule has 1 unspecified atom stereocenters. The van der Waals surface area contributed by atoms with Gasteiger partial charge in [-0.3, -0.25) is 15.1 Å². The van der Waals surface area contributed by atoms with Gasteiger partial charge in [-0.1, -0.05) is 0 Å². The summed E-state index contributed by atoms with van der Waals surface area (Å²) >= 11 is 0. The molecule has 2 heterocycles. The largest absolute Gasteiger partial charge is 0.366 e. The molecular formula is C16H20N4O2. The first-order valence-electron chi connectivity index (χ1n) is 7.62. The third kappa shape index (κ3) is 2.74. The van der Waals surface area contributed by atoms with E-state index in [1.165, 1.54) is 6.42 Å². The number of piperidine rings is 1. The molecule has 0 radical (unpaired) electrons. The summed E-state index contributed by atoms with van der Waals surface area (Å²) in [7, 11) is 1.95. The molecule has 1 aromatic heterocycles. The molecule has 0 amide bonds. The van der Waals surface area contributed by atoms with Gasteiger partial charge < -0.3 is 10.2 Å². The number of nitrogens with one attached hydrogen (secondary N) is 1. The molecular weight excluding hydrogens is 280 g/mol. The minimum atomic E-state index is -0.277. The molecule has 3 rings (SSSR count). The lowest BCUT2D eigenvalue weighted by Gasteiger charge is -2.34. The number of benzene rings is 1. The molecule has 6 nitrogen and oxygen atoms in total. The Hall–Kier alpha value is -2.21. The average molecular weight is 300 g/mol. The Bertz CT molecular complexity index is 687. The Balaban J connectivity index is 2.02. The Morgan fingerprint density at radius 3 is 3.09 bits per heavy atom. The Morgan fingerprint density at radius 1 is 1.45 bits per heavy atom. The lowest BCUT2D eigenvalue weighted by molar-refractivity contribution is -0.382. The van der Waals surface area contributed by atoms with E-state index in [1.54, 1.807) is 18.3 Å². The van der Waals surface area contributed by atoms with Crippen LogP contribution in [0.2, 0.25) is 0 Å². The van der Waals surface area contributed by atoms with Crippen LogP contribution in [-0.2, 0) is 0 Å². The van der Waals surface area contributed by atoms with Gasteiger partial charge in [-0.15, -0.1) is 0 Å². The molecule has 1 N–H and O–H groups in total. The maximum Gasteiger partial charge on any atom is 0.301 e. The highest BCUT2D eigenvalue weighted by molar-refractivity contribution is 5.94. The number of nitro groups is 1. The molecule has 2 aromatic rings. The van der Waals surface area contributed by atoms with Crippen molar-refractivity contribution in [2.75, 3.05) is 31.6 Å². The molecule has 1 aliphatic heterocycles. The zero-order chi connectivity index (χ0) is 15.5. The summed E-state index contributed by atoms with van der Waals surface area (Å²) in [6, 6.07) is 7.24. The second kappa shape index (κ2) is 6.27. The summed E-state index contributed by atoms with van der Waals surface area (Å²) in [4.78, 5) is 17.7. The minimum Gasteiger partial charge on any atom is -0.366 e. The summed E-state index contributed by atoms with van der Waals surface area (Å²) in [6.07, 6.45) is 3.89. The van der Waals surface area contributed by atoms with E-state index in [0.29, 0.717) is 22.5 Å². The van der Waals surface area contributed by atoms with Crippen molar-refractivity contribution in [3.8, 4) is 0 Å². The van der Waals surface area contributed by atoms with Crippen LogP contribution < -0.4 is 10.2 Å². The number of rotatable bonds is 4. The highest BCUT2D eigenvalue weighted by Crippen LogP contribution is 2.36. The van der Waals surface area contributed by atoms with Crippen LogP contribution in [0.1, 0.15) is 12.8 Å². The highest BCUT2D eigenvalue weighted by Gasteiger charge is 2.27. The molecule has 0 aliphatic carbocycles. The molecule has 1 aliphatic rings. The van der Waals surface area contributed by atoms with Gasteiger partial charge in [0.25, 0.3) is 0 Å². The first-order valence-corrected chi connectivity index (χ1v) is 7.62. The molecule has 0 spiro atoms. The van der Waals surface area contributed by atoms with Gasteiger partial charge in [0.15, 0.2) is 0 Å². The van der Waals surface area contributed by atoms with Gasteiger partial charge in [0.05, 0.1) is 15.8 Å². The minimum absolute atomic E-state index is 0.177. The first kappa shape index (κ1) is 14.7. The number of nitro benzene ring substituents is 1. The lowest BCUT2D eigenvalue weighted by atomic mass is 9.97. The summed E-state index contributed by atoms with van der Waals surface area (Å²) in [5.74, 6) is 0.531. The fourth-order valence-corrected chi connectivity index (χ4v) is 3.31. The molecule has 1 saturated heterocycles. The zero-order valence-corrected chi connectivity index (χ0v) is 12.7. The van der Waals surface area contributed by atoms with Crippen LogP contribution in [0.4, 0.5) is 11.4 Å². The number of nitrogens with zero attached hydrogens (tertiary/aromatic N) is 3. The van der Waals surface area contributed by atoms with Gasteiger partial charge in [0.1, 0.15) is 5.69 Å². The van der Waals surface area contributed by atoms with Crippen molar-refractivity contribution in [2.24, 2.45) is 5.92 Å². The Morgan fingerprint density at radius 2 is 2.32 bits per heavy atom. The van der Waals surface area contributed by atoms with Crippen LogP contribution >= 0.6 is 0 Å². The molecule has 22 heavy (non-hydrogen) atoms. The van der Waals surface area contributed by atoms with E-state index in [4.69, 9.17) is 0 Å². The van der Waals surface area contributed by atoms with E-state index in [9.17, 15) is 10.1 Å². The van der Waals surface area contributed by atoms with Gasteiger partial charge in [-0.25, -0.2) is 0 Å². The molecule has 1 atom stereocenters. The first-order chi connectivity index (χ1) is 10.7. The van der Waals surface area contributed by atoms with E-state index < -0.39 is 0 Å². The summed E-state index contributed by atoms with van der Waals surface area (Å²) < 4.78 is 0. The van der Waals surface area contributed by atoms with Gasteiger partial charge in [-0.2, -0.15) is 0 Å². The van der Waals surface area contributed by atoms with Crippen LogP contribution in [0, 0.1) is 16.0 Å². The normalized spacial score (nSPS) is 18.6. The lowest BCUT2D eigenvalue weighted by Crippen LogP contribution is -2.39. The van der Waals surface area contributed by atoms with E-state index >= 15 is 0 Å². The monoisotopic (exact) mass is 300 g/mol. The fraction of sp³-hybridized carbons (Fsp3) is 0.438. The predicted octanol–water partition coefficient (Wildman–Crippen LogP) is 2.58. The van der Waals surface area contributed by atoms with E-state index in [0.717, 1.165) is 26.1 Å². The number of fused-ring (bicyclic) bond motifs is 1. The van der Waals surface area contributed by atoms with Crippen molar-refractivity contribution in [2.45, 2.75) is 12.8 Å². The van der Waals surface area contributed by atoms with Crippen molar-refractivity contribution in [3.63, 3.8) is 0 Å². The van der Waals surface area contributed by atoms with E-state index in [2.05, 4.69) is 15.2 Å². The second-order valence-electron chi connectivity index (χ2n) is 5.77. The molecule has 0 bridgehead atoms. The van der Waals surface area contributed by atoms with Crippen molar-refractivity contribution in [3.05, 3.63) is 40.6 Å². The average Bonchev–Trinajstić information content (AvgIpc) is 2.54. The number of hydrogen-bond donors (Lipinski definition) is 1. The Kier molecular flexibility index (Phi) is 4.20. The number of anilines is 1. The van der Waals surface area contributed by atoms with Crippen LogP contribution in [-0.4, -0.2) is 36.6 Å². The van der Waals surface area contributed by atoms with Gasteiger partial charge in [-0.05, 0) is 56.6 Å². The van der Waals surface area contributed by atoms with Crippen molar-refractivity contribution in [1.29, 1.82) is 0 Å². The van der Waals surface area contributed by atoms with Gasteiger partial charge in [0, 0.05) is 19.3 Å². The highest BCUT2D eigenvalue weighted by atomic mass is 16.6. The smallest absolute Gasteiger partial charge is 0.301 e. The van der Waals surface area contributed by atoms with Crippen LogP contribution in [0.15, 0.2) is 30.5 Å². The van der Waals surface area contributed by atoms with Crippen LogP contribution in [0.25, 0.3) is 10.9 Å². The number of hydrogen-bond acceptors (Lipinski definition) is 5. The van der Waals surface area contributed by atoms with Gasteiger partial charge in [0.2, 0.25) is 0 Å². The zero-order valence-electron chi connectivity index (χ0n) is 12.7.